The summed E-state index contributed by atoms with van der Waals surface area (Å²) in [5.74, 6) is 0.0555. The fourth-order valence-electron chi connectivity index (χ4n) is 3.66. The van der Waals surface area contributed by atoms with Gasteiger partial charge in [-0.15, -0.1) is 6.58 Å². The van der Waals surface area contributed by atoms with E-state index in [0.717, 1.165) is 4.31 Å². The van der Waals surface area contributed by atoms with E-state index in [2.05, 4.69) is 17.2 Å². The largest absolute Gasteiger partial charge is 0.494 e. The lowest BCUT2D eigenvalue weighted by Crippen LogP contribution is -2.38. The third-order valence-corrected chi connectivity index (χ3v) is 7.29. The maximum Gasteiger partial charge on any atom is 0.264 e. The molecular formula is C28H31N3O7S. The first kappa shape index (κ1) is 29.1. The highest BCUT2D eigenvalue weighted by molar-refractivity contribution is 7.92. The number of amides is 2. The lowest BCUT2D eigenvalue weighted by molar-refractivity contribution is -0.114. The van der Waals surface area contributed by atoms with Crippen molar-refractivity contribution in [2.45, 2.75) is 11.8 Å². The predicted molar refractivity (Wildman–Crippen MR) is 149 cm³/mol. The van der Waals surface area contributed by atoms with E-state index >= 15 is 0 Å². The summed E-state index contributed by atoms with van der Waals surface area (Å²) in [7, 11) is -1.42. The van der Waals surface area contributed by atoms with Gasteiger partial charge in [0.05, 0.1) is 42.7 Å². The summed E-state index contributed by atoms with van der Waals surface area (Å²) in [5, 5.41) is 5.32. The van der Waals surface area contributed by atoms with Crippen molar-refractivity contribution in [1.82, 2.24) is 5.32 Å². The number of hydrogen-bond acceptors (Lipinski definition) is 7. The van der Waals surface area contributed by atoms with Gasteiger partial charge in [-0.05, 0) is 55.5 Å². The Morgan fingerprint density at radius 3 is 2.31 bits per heavy atom. The van der Waals surface area contributed by atoms with E-state index in [1.54, 1.807) is 48.5 Å². The minimum absolute atomic E-state index is 0.106. The summed E-state index contributed by atoms with van der Waals surface area (Å²) in [6.45, 7) is 5.52. The predicted octanol–water partition coefficient (Wildman–Crippen LogP) is 3.85. The van der Waals surface area contributed by atoms with Gasteiger partial charge in [0.25, 0.3) is 15.9 Å². The number of rotatable bonds is 13. The number of nitrogens with one attached hydrogen (secondary N) is 2. The molecule has 0 aromatic heterocycles. The summed E-state index contributed by atoms with van der Waals surface area (Å²) in [4.78, 5) is 25.7. The van der Waals surface area contributed by atoms with Crippen molar-refractivity contribution in [3.63, 3.8) is 0 Å². The molecule has 10 nitrogen and oxygen atoms in total. The molecule has 0 radical (unpaired) electrons. The monoisotopic (exact) mass is 553 g/mol. The molecule has 0 aliphatic carbocycles. The van der Waals surface area contributed by atoms with Gasteiger partial charge in [-0.25, -0.2) is 8.42 Å². The van der Waals surface area contributed by atoms with E-state index in [1.165, 1.54) is 38.5 Å². The van der Waals surface area contributed by atoms with Crippen LogP contribution in [-0.2, 0) is 14.8 Å². The Morgan fingerprint density at radius 2 is 1.67 bits per heavy atom. The highest BCUT2D eigenvalue weighted by Gasteiger charge is 2.29. The van der Waals surface area contributed by atoms with E-state index in [4.69, 9.17) is 14.2 Å². The molecule has 2 amide bonds. The van der Waals surface area contributed by atoms with E-state index in [-0.39, 0.29) is 34.1 Å². The summed E-state index contributed by atoms with van der Waals surface area (Å²) in [6.07, 6.45) is 1.53. The van der Waals surface area contributed by atoms with Gasteiger partial charge in [-0.1, -0.05) is 18.2 Å². The number of benzene rings is 3. The third kappa shape index (κ3) is 7.08. The molecule has 0 atom stereocenters. The van der Waals surface area contributed by atoms with E-state index in [1.807, 2.05) is 6.92 Å². The zero-order chi connectivity index (χ0) is 28.4. The molecule has 206 valence electrons. The normalized spacial score (nSPS) is 10.7. The molecule has 0 unspecified atom stereocenters. The van der Waals surface area contributed by atoms with Gasteiger partial charge in [0, 0.05) is 12.6 Å². The molecule has 39 heavy (non-hydrogen) atoms. The number of methoxy groups -OCH3 is 2. The van der Waals surface area contributed by atoms with Crippen molar-refractivity contribution in [1.29, 1.82) is 0 Å². The summed E-state index contributed by atoms with van der Waals surface area (Å²) in [6, 6.07) is 16.9. The Hall–Kier alpha value is -4.51. The molecule has 0 spiro atoms. The van der Waals surface area contributed by atoms with Gasteiger partial charge in [0.15, 0.2) is 11.5 Å². The molecule has 3 aromatic rings. The minimum atomic E-state index is -4.26. The molecule has 0 saturated carbocycles. The lowest BCUT2D eigenvalue weighted by Gasteiger charge is -2.25. The quantitative estimate of drug-likeness (QED) is 0.308. The fraction of sp³-hybridized carbons (Fsp3) is 0.214. The maximum absolute atomic E-state index is 13.8. The van der Waals surface area contributed by atoms with Crippen LogP contribution in [0.2, 0.25) is 0 Å². The molecular weight excluding hydrogens is 522 g/mol. The van der Waals surface area contributed by atoms with Gasteiger partial charge < -0.3 is 24.8 Å². The SMILES string of the molecule is C=CCNC(=O)c1ccccc1NC(=O)CN(c1ccc(OCC)cc1)S(=O)(=O)c1ccc(OC)c(OC)c1. The molecule has 2 N–H and O–H groups in total. The average molecular weight is 554 g/mol. The molecule has 3 rings (SSSR count). The molecule has 11 heteroatoms. The Bertz CT molecular complexity index is 1420. The number of nitrogens with zero attached hydrogens (tertiary/aromatic N) is 1. The van der Waals surface area contributed by atoms with Crippen molar-refractivity contribution < 1.29 is 32.2 Å². The zero-order valence-electron chi connectivity index (χ0n) is 22.0. The second kappa shape index (κ2) is 13.3. The van der Waals surface area contributed by atoms with Crippen LogP contribution in [-0.4, -0.2) is 54.1 Å². The van der Waals surface area contributed by atoms with Crippen LogP contribution >= 0.6 is 0 Å². The van der Waals surface area contributed by atoms with Crippen molar-refractivity contribution in [2.75, 3.05) is 43.5 Å². The number of carbonyl (C=O) groups excluding carboxylic acids is 2. The topological polar surface area (TPSA) is 123 Å². The van der Waals surface area contributed by atoms with Crippen LogP contribution in [0.4, 0.5) is 11.4 Å². The fourth-order valence-corrected chi connectivity index (χ4v) is 5.10. The van der Waals surface area contributed by atoms with Crippen LogP contribution in [0.1, 0.15) is 17.3 Å². The number of ether oxygens (including phenoxy) is 3. The summed E-state index contributed by atoms with van der Waals surface area (Å²) < 4.78 is 44.6. The Balaban J connectivity index is 1.98. The van der Waals surface area contributed by atoms with Gasteiger partial charge in [-0.2, -0.15) is 0 Å². The highest BCUT2D eigenvalue weighted by Crippen LogP contribution is 2.32. The minimum Gasteiger partial charge on any atom is -0.494 e. The van der Waals surface area contributed by atoms with E-state index < -0.39 is 28.4 Å². The maximum atomic E-state index is 13.8. The molecule has 3 aromatic carbocycles. The van der Waals surface area contributed by atoms with Crippen LogP contribution in [0.15, 0.2) is 84.3 Å². The smallest absolute Gasteiger partial charge is 0.264 e. The molecule has 0 heterocycles. The molecule has 0 fully saturated rings. The molecule has 0 saturated heterocycles. The number of carbonyl (C=O) groups is 2. The summed E-state index contributed by atoms with van der Waals surface area (Å²) in [5.41, 5.74) is 0.697. The first-order valence-electron chi connectivity index (χ1n) is 12.0. The van der Waals surface area contributed by atoms with Crippen molar-refractivity contribution in [3.05, 3.63) is 84.9 Å². The van der Waals surface area contributed by atoms with Gasteiger partial charge in [0.2, 0.25) is 5.91 Å². The Morgan fingerprint density at radius 1 is 0.974 bits per heavy atom. The van der Waals surface area contributed by atoms with Crippen LogP contribution in [0, 0.1) is 0 Å². The first-order valence-corrected chi connectivity index (χ1v) is 13.4. The summed E-state index contributed by atoms with van der Waals surface area (Å²) >= 11 is 0. The van der Waals surface area contributed by atoms with Crippen molar-refractivity contribution >= 4 is 33.2 Å². The Kier molecular flexibility index (Phi) is 9.93. The average Bonchev–Trinajstić information content (AvgIpc) is 2.95. The number of para-hydroxylation sites is 1. The lowest BCUT2D eigenvalue weighted by atomic mass is 10.1. The van der Waals surface area contributed by atoms with Gasteiger partial charge >= 0.3 is 0 Å². The first-order chi connectivity index (χ1) is 18.7. The Labute approximate surface area is 228 Å². The number of hydrogen-bond donors (Lipinski definition) is 2. The molecule has 0 aliphatic heterocycles. The molecule has 0 bridgehead atoms. The standard InChI is InChI=1S/C28H31N3O7S/c1-5-17-29-28(33)23-9-7-8-10-24(23)30-27(32)19-31(20-11-13-21(14-12-20)38-6-2)39(34,35)22-15-16-25(36-3)26(18-22)37-4/h5,7-16,18H,1,6,17,19H2,2-4H3,(H,29,33)(H,30,32). The van der Waals surface area contributed by atoms with Gasteiger partial charge in [-0.3, -0.25) is 13.9 Å². The van der Waals surface area contributed by atoms with Crippen LogP contribution in [0.25, 0.3) is 0 Å². The van der Waals surface area contributed by atoms with Crippen LogP contribution in [0.5, 0.6) is 17.2 Å². The second-order valence-corrected chi connectivity index (χ2v) is 9.91. The van der Waals surface area contributed by atoms with E-state index in [0.29, 0.717) is 18.1 Å². The number of anilines is 2. The van der Waals surface area contributed by atoms with Crippen molar-refractivity contribution in [2.24, 2.45) is 0 Å². The van der Waals surface area contributed by atoms with E-state index in [9.17, 15) is 18.0 Å². The second-order valence-electron chi connectivity index (χ2n) is 8.05. The zero-order valence-corrected chi connectivity index (χ0v) is 22.8. The molecule has 0 aliphatic rings. The van der Waals surface area contributed by atoms with Crippen LogP contribution in [0.3, 0.4) is 0 Å². The van der Waals surface area contributed by atoms with Crippen molar-refractivity contribution in [3.8, 4) is 17.2 Å². The third-order valence-electron chi connectivity index (χ3n) is 5.52. The van der Waals surface area contributed by atoms with Crippen LogP contribution < -0.4 is 29.1 Å². The van der Waals surface area contributed by atoms with Gasteiger partial charge in [0.1, 0.15) is 12.3 Å². The number of sulfonamides is 1. The highest BCUT2D eigenvalue weighted by atomic mass is 32.2.